The second kappa shape index (κ2) is 3.23. The van der Waals surface area contributed by atoms with Crippen molar-refractivity contribution in [2.75, 3.05) is 0 Å². The monoisotopic (exact) mass is 184 g/mol. The van der Waals surface area contributed by atoms with Gasteiger partial charge >= 0.3 is 0 Å². The van der Waals surface area contributed by atoms with Crippen molar-refractivity contribution in [3.63, 3.8) is 0 Å². The lowest BCUT2D eigenvalue weighted by atomic mass is 10.2. The molecule has 1 rings (SSSR count). The molecule has 0 aromatic rings. The molecule has 1 fully saturated rings. The van der Waals surface area contributed by atoms with E-state index in [1.165, 1.54) is 0 Å². The molecule has 1 amide bonds. The minimum Gasteiger partial charge on any atom is -0.351 e. The molecule has 0 spiro atoms. The van der Waals surface area contributed by atoms with E-state index >= 15 is 0 Å². The van der Waals surface area contributed by atoms with Gasteiger partial charge in [-0.25, -0.2) is 0 Å². The fourth-order valence-electron chi connectivity index (χ4n) is 1.12. The molecule has 1 aliphatic heterocycles. The summed E-state index contributed by atoms with van der Waals surface area (Å²) in [5, 5.41) is 3.39. The number of nitrogens with one attached hydrogen (secondary N) is 1. The van der Waals surface area contributed by atoms with Crippen LogP contribution in [-0.4, -0.2) is 28.0 Å². The number of nitrogens with zero attached hydrogens (tertiary/aromatic N) is 1. The highest BCUT2D eigenvalue weighted by Gasteiger charge is 2.34. The van der Waals surface area contributed by atoms with Crippen molar-refractivity contribution in [3.8, 4) is 0 Å². The Morgan fingerprint density at radius 1 is 1.83 bits per heavy atom. The topological polar surface area (TPSA) is 32.3 Å². The Morgan fingerprint density at radius 2 is 2.42 bits per heavy atom. The summed E-state index contributed by atoms with van der Waals surface area (Å²) >= 11 is 4.98. The molecule has 0 bridgehead atoms. The molecule has 4 heteroatoms. The van der Waals surface area contributed by atoms with Crippen LogP contribution in [0.3, 0.4) is 0 Å². The van der Waals surface area contributed by atoms with Crippen LogP contribution in [0.15, 0.2) is 12.7 Å². The van der Waals surface area contributed by atoms with Crippen LogP contribution in [0.1, 0.15) is 13.8 Å². The van der Waals surface area contributed by atoms with Crippen molar-refractivity contribution in [1.82, 2.24) is 10.2 Å². The van der Waals surface area contributed by atoms with Gasteiger partial charge in [-0.15, -0.1) is 6.58 Å². The number of hydrogen-bond donors (Lipinski definition) is 1. The van der Waals surface area contributed by atoms with E-state index in [0.717, 1.165) is 0 Å². The Kier molecular flexibility index (Phi) is 2.47. The van der Waals surface area contributed by atoms with Crippen molar-refractivity contribution in [1.29, 1.82) is 0 Å². The van der Waals surface area contributed by atoms with Gasteiger partial charge in [0.25, 0.3) is 5.91 Å². The standard InChI is InChI=1S/C8H12N2OS/c1-4-5(2)10-7(11)6(3)9-8(10)12/h4-6H,1H2,2-3H3,(H,9,12)/t5?,6-/m0/s1. The zero-order valence-electron chi connectivity index (χ0n) is 7.20. The summed E-state index contributed by atoms with van der Waals surface area (Å²) in [5.41, 5.74) is 0. The van der Waals surface area contributed by atoms with Crippen LogP contribution in [0.5, 0.6) is 0 Å². The largest absolute Gasteiger partial charge is 0.351 e. The predicted octanol–water partition coefficient (Wildman–Crippen LogP) is 0.666. The third-order valence-corrected chi connectivity index (χ3v) is 2.23. The highest BCUT2D eigenvalue weighted by molar-refractivity contribution is 7.80. The molecule has 1 aliphatic rings. The number of hydrogen-bond acceptors (Lipinski definition) is 2. The van der Waals surface area contributed by atoms with Crippen molar-refractivity contribution in [2.45, 2.75) is 25.9 Å². The second-order valence-corrected chi connectivity index (χ2v) is 3.24. The summed E-state index contributed by atoms with van der Waals surface area (Å²) in [5.74, 6) is 0.0207. The molecule has 3 nitrogen and oxygen atoms in total. The quantitative estimate of drug-likeness (QED) is 0.505. The van der Waals surface area contributed by atoms with Crippen LogP contribution in [0.25, 0.3) is 0 Å². The molecule has 0 radical (unpaired) electrons. The molecule has 2 atom stereocenters. The molecular weight excluding hydrogens is 172 g/mol. The Morgan fingerprint density at radius 3 is 2.75 bits per heavy atom. The maximum Gasteiger partial charge on any atom is 0.251 e. The highest BCUT2D eigenvalue weighted by Crippen LogP contribution is 2.10. The minimum absolute atomic E-state index is 0.0207. The van der Waals surface area contributed by atoms with E-state index in [9.17, 15) is 4.79 Å². The predicted molar refractivity (Wildman–Crippen MR) is 51.7 cm³/mol. The summed E-state index contributed by atoms with van der Waals surface area (Å²) in [6.45, 7) is 7.30. The normalized spacial score (nSPS) is 25.5. The first-order chi connectivity index (χ1) is 5.57. The molecule has 66 valence electrons. The van der Waals surface area contributed by atoms with Gasteiger partial charge in [-0.2, -0.15) is 0 Å². The Labute approximate surface area is 77.4 Å². The maximum absolute atomic E-state index is 11.4. The van der Waals surface area contributed by atoms with Gasteiger partial charge in [0.1, 0.15) is 6.04 Å². The average molecular weight is 184 g/mol. The summed E-state index contributed by atoms with van der Waals surface area (Å²) in [7, 11) is 0. The summed E-state index contributed by atoms with van der Waals surface area (Å²) in [6.07, 6.45) is 1.70. The minimum atomic E-state index is -0.195. The molecule has 1 heterocycles. The van der Waals surface area contributed by atoms with Crippen LogP contribution in [-0.2, 0) is 4.79 Å². The van der Waals surface area contributed by atoms with Crippen LogP contribution in [0.2, 0.25) is 0 Å². The van der Waals surface area contributed by atoms with Crippen LogP contribution >= 0.6 is 12.2 Å². The number of carbonyl (C=O) groups excluding carboxylic acids is 1. The number of thiocarbonyl (C=S) groups is 1. The van der Waals surface area contributed by atoms with Gasteiger partial charge in [0.2, 0.25) is 0 Å². The zero-order chi connectivity index (χ0) is 9.30. The second-order valence-electron chi connectivity index (χ2n) is 2.86. The van der Waals surface area contributed by atoms with Crippen LogP contribution < -0.4 is 5.32 Å². The first kappa shape index (κ1) is 9.19. The number of amides is 1. The van der Waals surface area contributed by atoms with Gasteiger partial charge in [0, 0.05) is 0 Å². The summed E-state index contributed by atoms with van der Waals surface area (Å²) < 4.78 is 0. The molecule has 0 saturated carbocycles. The fraction of sp³-hybridized carbons (Fsp3) is 0.500. The third kappa shape index (κ3) is 1.34. The molecule has 12 heavy (non-hydrogen) atoms. The van der Waals surface area contributed by atoms with Gasteiger partial charge in [-0.3, -0.25) is 9.69 Å². The van der Waals surface area contributed by atoms with Gasteiger partial charge in [0.05, 0.1) is 6.04 Å². The summed E-state index contributed by atoms with van der Waals surface area (Å²) in [6, 6.07) is -0.220. The lowest BCUT2D eigenvalue weighted by Crippen LogP contribution is -2.37. The zero-order valence-corrected chi connectivity index (χ0v) is 8.02. The van der Waals surface area contributed by atoms with Crippen LogP contribution in [0, 0.1) is 0 Å². The van der Waals surface area contributed by atoms with Gasteiger partial charge < -0.3 is 5.32 Å². The van der Waals surface area contributed by atoms with E-state index in [0.29, 0.717) is 5.11 Å². The lowest BCUT2D eigenvalue weighted by molar-refractivity contribution is -0.127. The van der Waals surface area contributed by atoms with Crippen molar-refractivity contribution in [3.05, 3.63) is 12.7 Å². The van der Waals surface area contributed by atoms with E-state index in [-0.39, 0.29) is 18.0 Å². The molecule has 1 saturated heterocycles. The van der Waals surface area contributed by atoms with E-state index in [4.69, 9.17) is 12.2 Å². The molecule has 0 aromatic carbocycles. The van der Waals surface area contributed by atoms with Gasteiger partial charge in [-0.05, 0) is 26.1 Å². The first-order valence-electron chi connectivity index (χ1n) is 3.84. The molecular formula is C8H12N2OS. The first-order valence-corrected chi connectivity index (χ1v) is 4.25. The van der Waals surface area contributed by atoms with Crippen molar-refractivity contribution >= 4 is 23.2 Å². The van der Waals surface area contributed by atoms with Gasteiger partial charge in [-0.1, -0.05) is 6.08 Å². The SMILES string of the molecule is C=CC(C)N1C(=O)[C@H](C)NC1=S. The third-order valence-electron chi connectivity index (χ3n) is 1.92. The van der Waals surface area contributed by atoms with E-state index in [2.05, 4.69) is 11.9 Å². The molecule has 0 aliphatic carbocycles. The highest BCUT2D eigenvalue weighted by atomic mass is 32.1. The fourth-order valence-corrected chi connectivity index (χ4v) is 1.55. The number of rotatable bonds is 2. The Hall–Kier alpha value is -0.900. The van der Waals surface area contributed by atoms with E-state index in [1.54, 1.807) is 17.9 Å². The maximum atomic E-state index is 11.4. The lowest BCUT2D eigenvalue weighted by Gasteiger charge is -2.19. The van der Waals surface area contributed by atoms with E-state index in [1.807, 2.05) is 6.92 Å². The molecule has 1 N–H and O–H groups in total. The molecule has 1 unspecified atom stereocenters. The average Bonchev–Trinajstić information content (AvgIpc) is 2.26. The Balaban J connectivity index is 2.83. The smallest absolute Gasteiger partial charge is 0.251 e. The number of carbonyl (C=O) groups is 1. The van der Waals surface area contributed by atoms with Crippen molar-refractivity contribution in [2.24, 2.45) is 0 Å². The van der Waals surface area contributed by atoms with E-state index < -0.39 is 0 Å². The summed E-state index contributed by atoms with van der Waals surface area (Å²) in [4.78, 5) is 13.0. The Bertz CT molecular complexity index is 239. The van der Waals surface area contributed by atoms with Crippen molar-refractivity contribution < 1.29 is 4.79 Å². The van der Waals surface area contributed by atoms with Gasteiger partial charge in [0.15, 0.2) is 5.11 Å². The molecule has 0 aromatic heterocycles. The van der Waals surface area contributed by atoms with Crippen LogP contribution in [0.4, 0.5) is 0 Å².